The Balaban J connectivity index is 2.18. The van der Waals surface area contributed by atoms with E-state index in [0.717, 1.165) is 25.9 Å². The lowest BCUT2D eigenvalue weighted by Gasteiger charge is -2.38. The Morgan fingerprint density at radius 1 is 1.50 bits per heavy atom. The first-order valence-corrected chi connectivity index (χ1v) is 3.37. The maximum Gasteiger partial charge on any atom is 0.0472 e. The van der Waals surface area contributed by atoms with Gasteiger partial charge in [0.25, 0.3) is 0 Å². The fourth-order valence-electron chi connectivity index (χ4n) is 1.04. The minimum absolute atomic E-state index is 0.250. The predicted octanol–water partition coefficient (Wildman–Crippen LogP) is -0.770. The Bertz CT molecular complexity index is 94.9. The zero-order valence-electron chi connectivity index (χ0n) is 6.04. The Morgan fingerprint density at radius 2 is 2.10 bits per heavy atom. The van der Waals surface area contributed by atoms with E-state index in [1.165, 1.54) is 7.11 Å². The van der Waals surface area contributed by atoms with Crippen LogP contribution in [-0.2, 0) is 4.84 Å². The molecule has 1 fully saturated rings. The van der Waals surface area contributed by atoms with E-state index in [4.69, 9.17) is 0 Å². The molecule has 0 aromatic carbocycles. The maximum absolute atomic E-state index is 10.9. The quantitative estimate of drug-likeness (QED) is 0.532. The number of hydrogen-bond acceptors (Lipinski definition) is 3. The molecule has 0 radical (unpaired) electrons. The van der Waals surface area contributed by atoms with E-state index in [-0.39, 0.29) is 5.28 Å². The second-order valence-electron chi connectivity index (χ2n) is 2.25. The summed E-state index contributed by atoms with van der Waals surface area (Å²) in [6.45, 7) is 1.65. The van der Waals surface area contributed by atoms with Crippen molar-refractivity contribution >= 4 is 0 Å². The molecule has 0 amide bonds. The van der Waals surface area contributed by atoms with Gasteiger partial charge in [-0.1, -0.05) is 0 Å². The molecule has 0 bridgehead atoms. The minimum atomic E-state index is -0.250. The number of nitrogens with zero attached hydrogens (tertiary/aromatic N) is 2. The van der Waals surface area contributed by atoms with E-state index in [1.807, 2.05) is 0 Å². The van der Waals surface area contributed by atoms with Crippen LogP contribution in [0.3, 0.4) is 0 Å². The van der Waals surface area contributed by atoms with Gasteiger partial charge in [0.15, 0.2) is 0 Å². The molecule has 0 spiro atoms. The summed E-state index contributed by atoms with van der Waals surface area (Å²) in [6, 6.07) is 0. The maximum atomic E-state index is 10.9. The summed E-state index contributed by atoms with van der Waals surface area (Å²) < 4.78 is 0. The van der Waals surface area contributed by atoms with Gasteiger partial charge in [-0.25, -0.2) is 0 Å². The lowest BCUT2D eigenvalue weighted by molar-refractivity contribution is -0.950. The number of rotatable bonds is 3. The van der Waals surface area contributed by atoms with Gasteiger partial charge in [0, 0.05) is 20.2 Å². The monoisotopic (exact) mass is 146 g/mol. The van der Waals surface area contributed by atoms with E-state index in [2.05, 4.69) is 10.4 Å². The summed E-state index contributed by atoms with van der Waals surface area (Å²) in [5.41, 5.74) is 3.29. The highest BCUT2D eigenvalue weighted by Gasteiger charge is 2.13. The van der Waals surface area contributed by atoms with Crippen LogP contribution in [0.1, 0.15) is 12.8 Å². The van der Waals surface area contributed by atoms with Crippen LogP contribution in [0.2, 0.25) is 0 Å². The van der Waals surface area contributed by atoms with Gasteiger partial charge < -0.3 is 20.9 Å². The molecule has 1 aliphatic heterocycles. The van der Waals surface area contributed by atoms with Crippen molar-refractivity contribution in [3.8, 4) is 0 Å². The average molecular weight is 146 g/mol. The third-order valence-electron chi connectivity index (χ3n) is 1.55. The third kappa shape index (κ3) is 1.89. The van der Waals surface area contributed by atoms with Gasteiger partial charge in [-0.3, -0.25) is 0 Å². The molecule has 0 aromatic rings. The van der Waals surface area contributed by atoms with Crippen molar-refractivity contribution in [2.75, 3.05) is 20.2 Å². The fraction of sp³-hybridized carbons (Fsp3) is 1.00. The molecule has 1 rings (SSSR count). The minimum Gasteiger partial charge on any atom is -0.621 e. The molecule has 5 nitrogen and oxygen atoms in total. The summed E-state index contributed by atoms with van der Waals surface area (Å²) in [4.78, 5) is 4.35. The lowest BCUT2D eigenvalue weighted by atomic mass is 10.4. The second-order valence-corrected chi connectivity index (χ2v) is 2.25. The Kier molecular flexibility index (Phi) is 3.04. The van der Waals surface area contributed by atoms with Crippen LogP contribution in [-0.4, -0.2) is 25.2 Å². The first-order chi connectivity index (χ1) is 4.84. The van der Waals surface area contributed by atoms with Crippen molar-refractivity contribution in [3.63, 3.8) is 0 Å². The molecule has 0 saturated carbocycles. The Labute approximate surface area is 60.0 Å². The zero-order valence-corrected chi connectivity index (χ0v) is 6.04. The van der Waals surface area contributed by atoms with Crippen LogP contribution in [0.5, 0.6) is 0 Å². The van der Waals surface area contributed by atoms with E-state index >= 15 is 0 Å². The zero-order chi connectivity index (χ0) is 7.40. The normalized spacial score (nSPS) is 23.4. The summed E-state index contributed by atoms with van der Waals surface area (Å²) in [7, 11) is 1.38. The van der Waals surface area contributed by atoms with Gasteiger partial charge in [0.2, 0.25) is 0 Å². The van der Waals surface area contributed by atoms with Gasteiger partial charge >= 0.3 is 0 Å². The first-order valence-electron chi connectivity index (χ1n) is 3.37. The molecular weight excluding hydrogens is 134 g/mol. The Morgan fingerprint density at radius 3 is 2.60 bits per heavy atom. The number of nitrogens with one attached hydrogen (secondary N) is 1. The summed E-state index contributed by atoms with van der Waals surface area (Å²) >= 11 is 0. The molecule has 5 heteroatoms. The van der Waals surface area contributed by atoms with E-state index in [1.54, 1.807) is 5.01 Å². The van der Waals surface area contributed by atoms with Crippen molar-refractivity contribution < 1.29 is 10.1 Å². The standard InChI is InChI=1S/C5H12N3O2/c1-10-6-8(9)7-4-2-3-5-7/h8H,2-5H2,1H3/q-1. The summed E-state index contributed by atoms with van der Waals surface area (Å²) in [5.74, 6) is 0. The third-order valence-corrected chi connectivity index (χ3v) is 1.55. The van der Waals surface area contributed by atoms with Gasteiger partial charge in [0.05, 0.1) is 0 Å². The molecule has 1 aliphatic rings. The fourth-order valence-corrected chi connectivity index (χ4v) is 1.04. The van der Waals surface area contributed by atoms with Crippen molar-refractivity contribution in [1.29, 1.82) is 0 Å². The largest absolute Gasteiger partial charge is 0.621 e. The SMILES string of the molecule is CO[N-][NH+]([O-])N1CCCC1. The van der Waals surface area contributed by atoms with Crippen LogP contribution in [0.4, 0.5) is 0 Å². The van der Waals surface area contributed by atoms with E-state index in [9.17, 15) is 5.21 Å². The molecular formula is C5H12N3O2-. The van der Waals surface area contributed by atoms with Gasteiger partial charge in [-0.15, -0.1) is 0 Å². The predicted molar refractivity (Wildman–Crippen MR) is 35.5 cm³/mol. The molecule has 0 aliphatic carbocycles. The van der Waals surface area contributed by atoms with Crippen molar-refractivity contribution in [2.24, 2.45) is 0 Å². The van der Waals surface area contributed by atoms with Crippen molar-refractivity contribution in [3.05, 3.63) is 10.8 Å². The highest BCUT2D eigenvalue weighted by atomic mass is 16.8. The van der Waals surface area contributed by atoms with Crippen LogP contribution < -0.4 is 5.28 Å². The van der Waals surface area contributed by atoms with Crippen molar-refractivity contribution in [2.45, 2.75) is 12.8 Å². The molecule has 1 heterocycles. The molecule has 1 unspecified atom stereocenters. The molecule has 10 heavy (non-hydrogen) atoms. The average Bonchev–Trinajstić information content (AvgIpc) is 2.38. The summed E-state index contributed by atoms with van der Waals surface area (Å²) in [5, 5.41) is 12.3. The van der Waals surface area contributed by atoms with Crippen LogP contribution in [0, 0.1) is 5.21 Å². The molecule has 1 atom stereocenters. The van der Waals surface area contributed by atoms with Crippen molar-refractivity contribution in [1.82, 2.24) is 5.01 Å². The number of quaternary nitrogens is 1. The van der Waals surface area contributed by atoms with E-state index < -0.39 is 0 Å². The molecule has 0 aromatic heterocycles. The number of hydrogen-bond donors (Lipinski definition) is 1. The molecule has 1 N–H and O–H groups in total. The van der Waals surface area contributed by atoms with Gasteiger partial charge in [0.1, 0.15) is 0 Å². The topological polar surface area (TPSA) is 54.1 Å². The molecule has 60 valence electrons. The smallest absolute Gasteiger partial charge is 0.0472 e. The second kappa shape index (κ2) is 3.85. The first kappa shape index (κ1) is 7.90. The van der Waals surface area contributed by atoms with Gasteiger partial charge in [-0.2, -0.15) is 5.01 Å². The van der Waals surface area contributed by atoms with Crippen LogP contribution in [0.15, 0.2) is 0 Å². The highest BCUT2D eigenvalue weighted by molar-refractivity contribution is 4.56. The van der Waals surface area contributed by atoms with E-state index in [0.29, 0.717) is 0 Å². The lowest BCUT2D eigenvalue weighted by Crippen LogP contribution is -3.09. The molecule has 1 saturated heterocycles. The highest BCUT2D eigenvalue weighted by Crippen LogP contribution is 2.01. The van der Waals surface area contributed by atoms with Crippen LogP contribution in [0.25, 0.3) is 5.59 Å². The van der Waals surface area contributed by atoms with Crippen LogP contribution >= 0.6 is 0 Å². The Hall–Kier alpha value is -0.200. The summed E-state index contributed by atoms with van der Waals surface area (Å²) in [6.07, 6.45) is 2.18. The van der Waals surface area contributed by atoms with Gasteiger partial charge in [-0.05, 0) is 12.8 Å².